The third kappa shape index (κ3) is 5.23. The SMILES string of the molecule is CCN(CC1CCN(C(=O)CCN)CC1)C(C)Cc1ccc2c(c1)CCO2. The number of fused-ring (bicyclic) bond motifs is 1. The van der Waals surface area contributed by atoms with Gasteiger partial charge in [0.25, 0.3) is 0 Å². The van der Waals surface area contributed by atoms with Gasteiger partial charge >= 0.3 is 0 Å². The number of hydrogen-bond acceptors (Lipinski definition) is 4. The summed E-state index contributed by atoms with van der Waals surface area (Å²) in [5.74, 6) is 1.97. The fourth-order valence-corrected chi connectivity index (χ4v) is 4.44. The standard InChI is InChI=1S/C22H35N3O2/c1-3-24(16-18-7-11-25(12-8-18)22(26)6-10-23)17(2)14-19-4-5-21-20(15-19)9-13-27-21/h4-5,15,17-18H,3,6-14,16,23H2,1-2H3. The lowest BCUT2D eigenvalue weighted by Gasteiger charge is -2.37. The van der Waals surface area contributed by atoms with Gasteiger partial charge in [0.2, 0.25) is 5.91 Å². The maximum absolute atomic E-state index is 12.0. The van der Waals surface area contributed by atoms with Crippen LogP contribution in [0.25, 0.3) is 0 Å². The van der Waals surface area contributed by atoms with Crippen molar-refractivity contribution >= 4 is 5.91 Å². The van der Waals surface area contributed by atoms with Crippen LogP contribution in [-0.2, 0) is 17.6 Å². The van der Waals surface area contributed by atoms with Crippen molar-refractivity contribution in [2.75, 3.05) is 39.3 Å². The molecule has 0 saturated carbocycles. The second kappa shape index (κ2) is 9.56. The number of likely N-dealkylation sites (N-methyl/N-ethyl adjacent to an activating group) is 1. The average Bonchev–Trinajstić information content (AvgIpc) is 3.14. The molecule has 1 fully saturated rings. The highest BCUT2D eigenvalue weighted by Crippen LogP contribution is 2.27. The molecule has 1 aromatic carbocycles. The van der Waals surface area contributed by atoms with Gasteiger partial charge in [-0.1, -0.05) is 19.1 Å². The van der Waals surface area contributed by atoms with E-state index >= 15 is 0 Å². The topological polar surface area (TPSA) is 58.8 Å². The summed E-state index contributed by atoms with van der Waals surface area (Å²) in [6, 6.07) is 7.20. The van der Waals surface area contributed by atoms with Crippen LogP contribution in [0.1, 0.15) is 44.2 Å². The average molecular weight is 374 g/mol. The minimum atomic E-state index is 0.220. The van der Waals surface area contributed by atoms with Crippen molar-refractivity contribution in [3.63, 3.8) is 0 Å². The van der Waals surface area contributed by atoms with Crippen LogP contribution in [0, 0.1) is 5.92 Å². The van der Waals surface area contributed by atoms with Gasteiger partial charge in [0.1, 0.15) is 5.75 Å². The zero-order valence-corrected chi connectivity index (χ0v) is 17.0. The number of carbonyl (C=O) groups excluding carboxylic acids is 1. The van der Waals surface area contributed by atoms with E-state index in [1.165, 1.54) is 11.1 Å². The first-order valence-electron chi connectivity index (χ1n) is 10.6. The minimum Gasteiger partial charge on any atom is -0.493 e. The number of piperidine rings is 1. The van der Waals surface area contributed by atoms with Gasteiger partial charge in [0, 0.05) is 45.1 Å². The van der Waals surface area contributed by atoms with Gasteiger partial charge in [-0.05, 0) is 55.8 Å². The van der Waals surface area contributed by atoms with Gasteiger partial charge in [-0.15, -0.1) is 0 Å². The lowest BCUT2D eigenvalue weighted by atomic mass is 9.94. The maximum Gasteiger partial charge on any atom is 0.223 e. The van der Waals surface area contributed by atoms with Crippen molar-refractivity contribution in [2.24, 2.45) is 11.7 Å². The van der Waals surface area contributed by atoms with Crippen molar-refractivity contribution in [1.29, 1.82) is 0 Å². The summed E-state index contributed by atoms with van der Waals surface area (Å²) < 4.78 is 5.62. The predicted molar refractivity (Wildman–Crippen MR) is 109 cm³/mol. The highest BCUT2D eigenvalue weighted by molar-refractivity contribution is 5.76. The molecule has 3 rings (SSSR count). The van der Waals surface area contributed by atoms with Crippen molar-refractivity contribution in [2.45, 2.75) is 52.0 Å². The molecule has 1 unspecified atom stereocenters. The molecule has 150 valence electrons. The summed E-state index contributed by atoms with van der Waals surface area (Å²) in [5, 5.41) is 0. The Morgan fingerprint density at radius 2 is 2.15 bits per heavy atom. The Kier molecular flexibility index (Phi) is 7.13. The molecule has 0 radical (unpaired) electrons. The molecule has 0 spiro atoms. The first-order chi connectivity index (χ1) is 13.1. The third-order valence-electron chi connectivity index (χ3n) is 6.13. The van der Waals surface area contributed by atoms with Gasteiger partial charge in [-0.25, -0.2) is 0 Å². The van der Waals surface area contributed by atoms with Crippen molar-refractivity contribution in [3.05, 3.63) is 29.3 Å². The fraction of sp³-hybridized carbons (Fsp3) is 0.682. The van der Waals surface area contributed by atoms with Crippen molar-refractivity contribution in [1.82, 2.24) is 9.80 Å². The smallest absolute Gasteiger partial charge is 0.223 e. The molecule has 0 aromatic heterocycles. The third-order valence-corrected chi connectivity index (χ3v) is 6.13. The molecule has 2 aliphatic rings. The van der Waals surface area contributed by atoms with E-state index in [0.29, 0.717) is 24.9 Å². The molecular weight excluding hydrogens is 338 g/mol. The second-order valence-corrected chi connectivity index (χ2v) is 8.04. The normalized spacial score (nSPS) is 18.4. The highest BCUT2D eigenvalue weighted by Gasteiger charge is 2.25. The number of carbonyl (C=O) groups is 1. The fourth-order valence-electron chi connectivity index (χ4n) is 4.44. The summed E-state index contributed by atoms with van der Waals surface area (Å²) in [4.78, 5) is 16.6. The Hall–Kier alpha value is -1.59. The Balaban J connectivity index is 1.49. The van der Waals surface area contributed by atoms with E-state index in [4.69, 9.17) is 10.5 Å². The van der Waals surface area contributed by atoms with Gasteiger partial charge in [0.05, 0.1) is 6.61 Å². The van der Waals surface area contributed by atoms with Crippen LogP contribution >= 0.6 is 0 Å². The number of amides is 1. The number of benzene rings is 1. The molecule has 1 saturated heterocycles. The number of rotatable bonds is 8. The minimum absolute atomic E-state index is 0.220. The summed E-state index contributed by atoms with van der Waals surface area (Å²) in [6.07, 6.45) is 4.81. The van der Waals surface area contributed by atoms with Crippen LogP contribution in [0.5, 0.6) is 5.75 Å². The summed E-state index contributed by atoms with van der Waals surface area (Å²) >= 11 is 0. The predicted octanol–water partition coefficient (Wildman–Crippen LogP) is 2.46. The van der Waals surface area contributed by atoms with Crippen LogP contribution in [0.15, 0.2) is 18.2 Å². The monoisotopic (exact) mass is 373 g/mol. The Bertz CT molecular complexity index is 626. The van der Waals surface area contributed by atoms with Crippen molar-refractivity contribution in [3.8, 4) is 5.75 Å². The molecule has 0 aliphatic carbocycles. The van der Waals surface area contributed by atoms with E-state index in [2.05, 4.69) is 36.9 Å². The molecular formula is C22H35N3O2. The van der Waals surface area contributed by atoms with Crippen molar-refractivity contribution < 1.29 is 9.53 Å². The molecule has 1 amide bonds. The largest absolute Gasteiger partial charge is 0.493 e. The lowest BCUT2D eigenvalue weighted by Crippen LogP contribution is -2.44. The van der Waals surface area contributed by atoms with Gasteiger partial charge in [0.15, 0.2) is 0 Å². The number of nitrogens with zero attached hydrogens (tertiary/aromatic N) is 2. The molecule has 1 atom stereocenters. The lowest BCUT2D eigenvalue weighted by molar-refractivity contribution is -0.132. The van der Waals surface area contributed by atoms with E-state index in [-0.39, 0.29) is 5.91 Å². The zero-order valence-electron chi connectivity index (χ0n) is 17.0. The Labute approximate surface area is 163 Å². The number of hydrogen-bond donors (Lipinski definition) is 1. The van der Waals surface area contributed by atoms with Crippen LogP contribution in [0.4, 0.5) is 0 Å². The Morgan fingerprint density at radius 1 is 1.37 bits per heavy atom. The highest BCUT2D eigenvalue weighted by atomic mass is 16.5. The van der Waals surface area contributed by atoms with E-state index in [0.717, 1.165) is 64.2 Å². The molecule has 0 bridgehead atoms. The Morgan fingerprint density at radius 3 is 2.85 bits per heavy atom. The molecule has 5 nitrogen and oxygen atoms in total. The number of nitrogens with two attached hydrogens (primary N) is 1. The zero-order chi connectivity index (χ0) is 19.2. The number of ether oxygens (including phenoxy) is 1. The van der Waals surface area contributed by atoms with Gasteiger partial charge in [-0.3, -0.25) is 4.79 Å². The maximum atomic E-state index is 12.0. The molecule has 5 heteroatoms. The summed E-state index contributed by atoms with van der Waals surface area (Å²) in [6.45, 7) is 9.85. The van der Waals surface area contributed by atoms with E-state index in [1.54, 1.807) is 0 Å². The van der Waals surface area contributed by atoms with Crippen LogP contribution in [-0.4, -0.2) is 61.1 Å². The quantitative estimate of drug-likeness (QED) is 0.760. The van der Waals surface area contributed by atoms with Crippen LogP contribution in [0.3, 0.4) is 0 Å². The summed E-state index contributed by atoms with van der Waals surface area (Å²) in [7, 11) is 0. The van der Waals surface area contributed by atoms with E-state index in [9.17, 15) is 4.79 Å². The molecule has 2 aliphatic heterocycles. The molecule has 27 heavy (non-hydrogen) atoms. The number of likely N-dealkylation sites (tertiary alicyclic amines) is 1. The first kappa shape index (κ1) is 20.2. The first-order valence-corrected chi connectivity index (χ1v) is 10.6. The van der Waals surface area contributed by atoms with Crippen LogP contribution < -0.4 is 10.5 Å². The van der Waals surface area contributed by atoms with Crippen LogP contribution in [0.2, 0.25) is 0 Å². The van der Waals surface area contributed by atoms with Gasteiger partial charge < -0.3 is 20.3 Å². The van der Waals surface area contributed by atoms with Gasteiger partial charge in [-0.2, -0.15) is 0 Å². The summed E-state index contributed by atoms with van der Waals surface area (Å²) in [5.41, 5.74) is 8.28. The molecule has 2 N–H and O–H groups in total. The van der Waals surface area contributed by atoms with E-state index < -0.39 is 0 Å². The van der Waals surface area contributed by atoms with E-state index in [1.807, 2.05) is 4.90 Å². The molecule has 2 heterocycles. The molecule has 1 aromatic rings. The second-order valence-electron chi connectivity index (χ2n) is 8.04.